The number of primary amides is 1. The van der Waals surface area contributed by atoms with E-state index in [1.807, 2.05) is 0 Å². The molecule has 0 radical (unpaired) electrons. The summed E-state index contributed by atoms with van der Waals surface area (Å²) in [5.41, 5.74) is 6.17. The molecule has 3 rings (SSSR count). The molecule has 2 aromatic carbocycles. The Morgan fingerprint density at radius 2 is 1.97 bits per heavy atom. The molecule has 0 aliphatic carbocycles. The normalized spacial score (nSPS) is 11.6. The lowest BCUT2D eigenvalue weighted by atomic mass is 10.1. The molecule has 162 valence electrons. The van der Waals surface area contributed by atoms with Crippen molar-refractivity contribution in [3.05, 3.63) is 59.2 Å². The first kappa shape index (κ1) is 21.8. The Balaban J connectivity index is 1.71. The third-order valence-corrected chi connectivity index (χ3v) is 4.27. The number of nitrogens with two attached hydrogens (primary N) is 1. The van der Waals surface area contributed by atoms with Gasteiger partial charge in [0.15, 0.2) is 24.2 Å². The van der Waals surface area contributed by atoms with Gasteiger partial charge in [-0.05, 0) is 43.7 Å². The summed E-state index contributed by atoms with van der Waals surface area (Å²) in [4.78, 5) is 27.5. The minimum absolute atomic E-state index is 0.0534. The van der Waals surface area contributed by atoms with E-state index in [0.29, 0.717) is 11.1 Å². The second-order valence-electron chi connectivity index (χ2n) is 6.59. The van der Waals surface area contributed by atoms with Crippen LogP contribution in [0.2, 0.25) is 0 Å². The molecule has 10 heteroatoms. The number of carbonyl (C=O) groups excluding carboxylic acids is 2. The zero-order chi connectivity index (χ0) is 22.5. The summed E-state index contributed by atoms with van der Waals surface area (Å²) in [6.07, 6.45) is -0.860. The van der Waals surface area contributed by atoms with Crippen LogP contribution in [-0.4, -0.2) is 35.7 Å². The minimum Gasteiger partial charge on any atom is -0.493 e. The van der Waals surface area contributed by atoms with Crippen molar-refractivity contribution in [1.29, 1.82) is 0 Å². The van der Waals surface area contributed by atoms with E-state index in [0.717, 1.165) is 0 Å². The Kier molecular flexibility index (Phi) is 6.49. The van der Waals surface area contributed by atoms with Crippen LogP contribution in [-0.2, 0) is 9.53 Å². The van der Waals surface area contributed by atoms with E-state index in [-0.39, 0.29) is 41.2 Å². The Labute approximate surface area is 176 Å². The van der Waals surface area contributed by atoms with Gasteiger partial charge in [0.05, 0.1) is 12.7 Å². The summed E-state index contributed by atoms with van der Waals surface area (Å²) in [5, 5.41) is 3.81. The first-order valence-electron chi connectivity index (χ1n) is 9.18. The zero-order valence-corrected chi connectivity index (χ0v) is 17.0. The standard InChI is InChI=1S/C21H20FN3O6/c1-11-4-5-13(8-15(11)22)19-24-20(31-25-19)12(2)30-21(27)14-6-7-16(17(9-14)28-3)29-10-18(23)26/h4-9,12H,10H2,1-3H3,(H2,23,26)/t12-/m0/s1. The second-order valence-corrected chi connectivity index (χ2v) is 6.59. The highest BCUT2D eigenvalue weighted by molar-refractivity contribution is 5.90. The van der Waals surface area contributed by atoms with Crippen LogP contribution in [0.3, 0.4) is 0 Å². The number of rotatable bonds is 8. The van der Waals surface area contributed by atoms with Gasteiger partial charge in [-0.3, -0.25) is 4.79 Å². The van der Waals surface area contributed by atoms with Crippen LogP contribution in [0.25, 0.3) is 11.4 Å². The highest BCUT2D eigenvalue weighted by Gasteiger charge is 2.21. The lowest BCUT2D eigenvalue weighted by Crippen LogP contribution is -2.20. The smallest absolute Gasteiger partial charge is 0.339 e. The number of amides is 1. The molecule has 0 aliphatic rings. The van der Waals surface area contributed by atoms with E-state index >= 15 is 0 Å². The molecule has 0 saturated carbocycles. The van der Waals surface area contributed by atoms with Gasteiger partial charge < -0.3 is 24.5 Å². The summed E-state index contributed by atoms with van der Waals surface area (Å²) in [5.74, 6) is -1.00. The SMILES string of the molecule is COc1cc(C(=O)O[C@@H](C)c2nc(-c3ccc(C)c(F)c3)no2)ccc1OCC(N)=O. The van der Waals surface area contributed by atoms with E-state index < -0.39 is 18.0 Å². The number of benzene rings is 2. The van der Waals surface area contributed by atoms with Crippen molar-refractivity contribution < 1.29 is 32.7 Å². The summed E-state index contributed by atoms with van der Waals surface area (Å²) in [6, 6.07) is 8.88. The maximum atomic E-state index is 13.8. The van der Waals surface area contributed by atoms with Crippen LogP contribution >= 0.6 is 0 Å². The van der Waals surface area contributed by atoms with E-state index in [4.69, 9.17) is 24.5 Å². The molecule has 1 heterocycles. The van der Waals surface area contributed by atoms with Crippen molar-refractivity contribution >= 4 is 11.9 Å². The number of carbonyl (C=O) groups is 2. The van der Waals surface area contributed by atoms with Gasteiger partial charge in [0.25, 0.3) is 11.8 Å². The monoisotopic (exact) mass is 429 g/mol. The molecule has 0 fully saturated rings. The summed E-state index contributed by atoms with van der Waals surface area (Å²) >= 11 is 0. The lowest BCUT2D eigenvalue weighted by Gasteiger charge is -2.12. The van der Waals surface area contributed by atoms with E-state index in [2.05, 4.69) is 10.1 Å². The molecule has 0 aliphatic heterocycles. The van der Waals surface area contributed by atoms with Gasteiger partial charge in [0, 0.05) is 5.56 Å². The van der Waals surface area contributed by atoms with Gasteiger partial charge in [-0.25, -0.2) is 9.18 Å². The predicted octanol–water partition coefficient (Wildman–Crippen LogP) is 2.97. The van der Waals surface area contributed by atoms with Gasteiger partial charge in [0.1, 0.15) is 5.82 Å². The van der Waals surface area contributed by atoms with E-state index in [1.54, 1.807) is 26.0 Å². The molecule has 1 amide bonds. The van der Waals surface area contributed by atoms with Gasteiger partial charge in [-0.1, -0.05) is 17.3 Å². The molecular weight excluding hydrogens is 409 g/mol. The van der Waals surface area contributed by atoms with Crippen molar-refractivity contribution in [3.8, 4) is 22.9 Å². The Bertz CT molecular complexity index is 1110. The molecule has 3 aromatic rings. The minimum atomic E-state index is -0.860. The molecule has 31 heavy (non-hydrogen) atoms. The fraction of sp³-hybridized carbons (Fsp3) is 0.238. The van der Waals surface area contributed by atoms with Crippen molar-refractivity contribution in [3.63, 3.8) is 0 Å². The van der Waals surface area contributed by atoms with Crippen molar-refractivity contribution in [2.24, 2.45) is 5.73 Å². The Hall–Kier alpha value is -3.95. The molecule has 0 spiro atoms. The number of hydrogen-bond acceptors (Lipinski definition) is 8. The van der Waals surface area contributed by atoms with Crippen LogP contribution < -0.4 is 15.2 Å². The van der Waals surface area contributed by atoms with Crippen LogP contribution in [0.4, 0.5) is 4.39 Å². The molecule has 0 bridgehead atoms. The van der Waals surface area contributed by atoms with Crippen molar-refractivity contribution in [2.75, 3.05) is 13.7 Å². The van der Waals surface area contributed by atoms with Crippen LogP contribution in [0, 0.1) is 12.7 Å². The van der Waals surface area contributed by atoms with Gasteiger partial charge in [-0.15, -0.1) is 0 Å². The molecule has 0 saturated heterocycles. The third-order valence-electron chi connectivity index (χ3n) is 4.27. The van der Waals surface area contributed by atoms with Crippen LogP contribution in [0.1, 0.15) is 34.8 Å². The average Bonchev–Trinajstić information content (AvgIpc) is 3.24. The van der Waals surface area contributed by atoms with Crippen molar-refractivity contribution in [1.82, 2.24) is 10.1 Å². The molecule has 1 aromatic heterocycles. The summed E-state index contributed by atoms with van der Waals surface area (Å²) in [7, 11) is 1.39. The number of aryl methyl sites for hydroxylation is 1. The Morgan fingerprint density at radius 1 is 1.19 bits per heavy atom. The molecule has 1 atom stereocenters. The van der Waals surface area contributed by atoms with Gasteiger partial charge >= 0.3 is 5.97 Å². The molecular formula is C21H20FN3O6. The molecule has 9 nitrogen and oxygen atoms in total. The largest absolute Gasteiger partial charge is 0.493 e. The van der Waals surface area contributed by atoms with E-state index in [9.17, 15) is 14.0 Å². The average molecular weight is 429 g/mol. The second kappa shape index (κ2) is 9.24. The fourth-order valence-corrected chi connectivity index (χ4v) is 2.59. The highest BCUT2D eigenvalue weighted by atomic mass is 19.1. The maximum absolute atomic E-state index is 13.8. The number of methoxy groups -OCH3 is 1. The quantitative estimate of drug-likeness (QED) is 0.542. The zero-order valence-electron chi connectivity index (χ0n) is 17.0. The first-order chi connectivity index (χ1) is 14.8. The topological polar surface area (TPSA) is 127 Å². The fourth-order valence-electron chi connectivity index (χ4n) is 2.59. The first-order valence-corrected chi connectivity index (χ1v) is 9.18. The summed E-state index contributed by atoms with van der Waals surface area (Å²) < 4.78 is 34.7. The van der Waals surface area contributed by atoms with Crippen molar-refractivity contribution in [2.45, 2.75) is 20.0 Å². The maximum Gasteiger partial charge on any atom is 0.339 e. The number of nitrogens with zero attached hydrogens (tertiary/aromatic N) is 2. The van der Waals surface area contributed by atoms with Crippen LogP contribution in [0.5, 0.6) is 11.5 Å². The van der Waals surface area contributed by atoms with Gasteiger partial charge in [-0.2, -0.15) is 4.98 Å². The number of aromatic nitrogens is 2. The highest BCUT2D eigenvalue weighted by Crippen LogP contribution is 2.29. The number of ether oxygens (including phenoxy) is 3. The third kappa shape index (κ3) is 5.16. The summed E-state index contributed by atoms with van der Waals surface area (Å²) in [6.45, 7) is 2.88. The number of esters is 1. The lowest BCUT2D eigenvalue weighted by molar-refractivity contribution is -0.119. The van der Waals surface area contributed by atoms with Gasteiger partial charge in [0.2, 0.25) is 5.82 Å². The predicted molar refractivity (Wildman–Crippen MR) is 106 cm³/mol. The number of hydrogen-bond donors (Lipinski definition) is 1. The van der Waals surface area contributed by atoms with E-state index in [1.165, 1.54) is 31.4 Å². The Morgan fingerprint density at radius 3 is 2.65 bits per heavy atom. The molecule has 2 N–H and O–H groups in total. The molecule has 0 unspecified atom stereocenters. The van der Waals surface area contributed by atoms with Crippen LogP contribution in [0.15, 0.2) is 40.9 Å². The number of halogens is 1.